The molecule has 0 saturated heterocycles. The number of aromatic nitrogens is 2. The molecule has 7 heteroatoms. The van der Waals surface area contributed by atoms with Crippen molar-refractivity contribution in [3.05, 3.63) is 45.7 Å². The predicted molar refractivity (Wildman–Crippen MR) is 71.5 cm³/mol. The maximum Gasteiger partial charge on any atom is 0.434 e. The number of nitrogens with one attached hydrogen (secondary N) is 1. The van der Waals surface area contributed by atoms with Crippen LogP contribution in [-0.4, -0.2) is 16.5 Å². The summed E-state index contributed by atoms with van der Waals surface area (Å²) in [7, 11) is 0. The number of pyridine rings is 1. The molecule has 0 spiro atoms. The Morgan fingerprint density at radius 2 is 2.15 bits per heavy atom. The summed E-state index contributed by atoms with van der Waals surface area (Å²) in [5.41, 5.74) is 0.0762. The van der Waals surface area contributed by atoms with Gasteiger partial charge in [-0.15, -0.1) is 11.3 Å². The third kappa shape index (κ3) is 3.77. The highest BCUT2D eigenvalue weighted by Crippen LogP contribution is 2.34. The zero-order valence-corrected chi connectivity index (χ0v) is 11.7. The molecule has 0 saturated carbocycles. The highest BCUT2D eigenvalue weighted by atomic mass is 32.1. The van der Waals surface area contributed by atoms with Gasteiger partial charge in [0.05, 0.1) is 9.88 Å². The molecule has 108 valence electrons. The van der Waals surface area contributed by atoms with Gasteiger partial charge in [-0.1, -0.05) is 13.0 Å². The highest BCUT2D eigenvalue weighted by molar-refractivity contribution is 7.11. The average Bonchev–Trinajstić information content (AvgIpc) is 2.80. The number of hydrogen-bond donors (Lipinski definition) is 1. The van der Waals surface area contributed by atoms with Crippen LogP contribution in [0.4, 0.5) is 13.2 Å². The van der Waals surface area contributed by atoms with E-state index in [4.69, 9.17) is 0 Å². The van der Waals surface area contributed by atoms with Gasteiger partial charge in [-0.3, -0.25) is 4.98 Å². The molecule has 3 nitrogen and oxygen atoms in total. The molecule has 0 radical (unpaired) electrons. The van der Waals surface area contributed by atoms with Crippen molar-refractivity contribution in [2.75, 3.05) is 6.54 Å². The van der Waals surface area contributed by atoms with Crippen molar-refractivity contribution >= 4 is 11.3 Å². The summed E-state index contributed by atoms with van der Waals surface area (Å²) in [6, 6.07) is 3.58. The molecule has 0 aliphatic carbocycles. The molecular weight excluding hydrogens is 287 g/mol. The zero-order valence-electron chi connectivity index (χ0n) is 10.9. The lowest BCUT2D eigenvalue weighted by atomic mass is 10.2. The van der Waals surface area contributed by atoms with Crippen molar-refractivity contribution in [3.63, 3.8) is 0 Å². The Labute approximate surface area is 118 Å². The van der Waals surface area contributed by atoms with Gasteiger partial charge in [0, 0.05) is 25.4 Å². The lowest BCUT2D eigenvalue weighted by molar-refractivity contribution is -0.141. The Morgan fingerprint density at radius 3 is 2.75 bits per heavy atom. The van der Waals surface area contributed by atoms with Gasteiger partial charge in [0.1, 0.15) is 0 Å². The van der Waals surface area contributed by atoms with Gasteiger partial charge in [-0.2, -0.15) is 13.2 Å². The van der Waals surface area contributed by atoms with Crippen LogP contribution in [0.3, 0.4) is 0 Å². The van der Waals surface area contributed by atoms with Crippen molar-refractivity contribution < 1.29 is 13.2 Å². The fourth-order valence-electron chi connectivity index (χ4n) is 1.73. The van der Waals surface area contributed by atoms with Gasteiger partial charge in [0.15, 0.2) is 5.69 Å². The summed E-state index contributed by atoms with van der Waals surface area (Å²) < 4.78 is 38.8. The number of rotatable bonds is 5. The van der Waals surface area contributed by atoms with E-state index in [9.17, 15) is 13.2 Å². The first-order valence-corrected chi connectivity index (χ1v) is 6.97. The van der Waals surface area contributed by atoms with Gasteiger partial charge in [0.2, 0.25) is 0 Å². The number of nitrogens with zero attached hydrogens (tertiary/aromatic N) is 2. The van der Waals surface area contributed by atoms with Crippen LogP contribution in [0.25, 0.3) is 0 Å². The van der Waals surface area contributed by atoms with E-state index in [0.717, 1.165) is 16.9 Å². The molecular formula is C13H14F3N3S. The molecule has 0 aliphatic rings. The van der Waals surface area contributed by atoms with Crippen molar-refractivity contribution in [1.29, 1.82) is 0 Å². The Kier molecular flexibility index (Phi) is 4.72. The van der Waals surface area contributed by atoms with Crippen molar-refractivity contribution in [1.82, 2.24) is 15.3 Å². The van der Waals surface area contributed by atoms with Crippen LogP contribution in [0.2, 0.25) is 0 Å². The van der Waals surface area contributed by atoms with Gasteiger partial charge in [-0.05, 0) is 18.2 Å². The van der Waals surface area contributed by atoms with Crippen LogP contribution < -0.4 is 5.32 Å². The van der Waals surface area contributed by atoms with E-state index >= 15 is 0 Å². The fourth-order valence-corrected chi connectivity index (χ4v) is 2.83. The molecule has 2 aromatic heterocycles. The third-order valence-electron chi connectivity index (χ3n) is 2.62. The third-order valence-corrected chi connectivity index (χ3v) is 3.68. The Morgan fingerprint density at radius 1 is 1.35 bits per heavy atom. The van der Waals surface area contributed by atoms with Crippen LogP contribution in [-0.2, 0) is 19.1 Å². The minimum atomic E-state index is -4.41. The lowest BCUT2D eigenvalue weighted by Gasteiger charge is -2.05. The first-order chi connectivity index (χ1) is 9.50. The number of thiazole rings is 1. The molecule has 20 heavy (non-hydrogen) atoms. The summed E-state index contributed by atoms with van der Waals surface area (Å²) in [5, 5.41) is 3.37. The van der Waals surface area contributed by atoms with E-state index in [-0.39, 0.29) is 11.4 Å². The quantitative estimate of drug-likeness (QED) is 0.921. The molecule has 2 aromatic rings. The molecule has 1 N–H and O–H groups in total. The monoisotopic (exact) mass is 301 g/mol. The molecule has 0 aliphatic heterocycles. The smallest absolute Gasteiger partial charge is 0.312 e. The molecule has 0 amide bonds. The van der Waals surface area contributed by atoms with E-state index in [1.54, 1.807) is 18.5 Å². The minimum absolute atomic E-state index is 0.191. The maximum atomic E-state index is 12.9. The standard InChI is InChI=1S/C13H14F3N3S/c1-2-17-8-10-12(13(14,15)16)19-11(20-10)6-9-4-3-5-18-7-9/h3-5,7,17H,2,6,8H2,1H3. The zero-order chi connectivity index (χ0) is 14.6. The first-order valence-electron chi connectivity index (χ1n) is 6.16. The molecule has 0 fully saturated rings. The van der Waals surface area contributed by atoms with E-state index in [0.29, 0.717) is 18.0 Å². The topological polar surface area (TPSA) is 37.8 Å². The maximum absolute atomic E-state index is 12.9. The second-order valence-corrected chi connectivity index (χ2v) is 5.36. The number of halogens is 3. The fraction of sp³-hybridized carbons (Fsp3) is 0.385. The largest absolute Gasteiger partial charge is 0.434 e. The van der Waals surface area contributed by atoms with Crippen LogP contribution in [0.15, 0.2) is 24.5 Å². The second kappa shape index (κ2) is 6.32. The predicted octanol–water partition coefficient (Wildman–Crippen LogP) is 3.26. The molecule has 2 heterocycles. The molecule has 0 bridgehead atoms. The Bertz CT molecular complexity index is 552. The van der Waals surface area contributed by atoms with Crippen LogP contribution in [0, 0.1) is 0 Å². The highest BCUT2D eigenvalue weighted by Gasteiger charge is 2.37. The van der Waals surface area contributed by atoms with E-state index in [2.05, 4.69) is 15.3 Å². The molecule has 0 aromatic carbocycles. The van der Waals surface area contributed by atoms with Crippen molar-refractivity contribution in [2.24, 2.45) is 0 Å². The number of hydrogen-bond acceptors (Lipinski definition) is 4. The van der Waals surface area contributed by atoms with Gasteiger partial charge in [-0.25, -0.2) is 4.98 Å². The first kappa shape index (κ1) is 14.9. The van der Waals surface area contributed by atoms with Crippen molar-refractivity contribution in [3.8, 4) is 0 Å². The van der Waals surface area contributed by atoms with Crippen LogP contribution in [0.5, 0.6) is 0 Å². The van der Waals surface area contributed by atoms with Crippen LogP contribution in [0.1, 0.15) is 28.1 Å². The average molecular weight is 301 g/mol. The van der Waals surface area contributed by atoms with Crippen LogP contribution >= 0.6 is 11.3 Å². The molecule has 2 rings (SSSR count). The SMILES string of the molecule is CCNCc1sc(Cc2cccnc2)nc1C(F)(F)F. The van der Waals surface area contributed by atoms with Gasteiger partial charge in [0.25, 0.3) is 0 Å². The second-order valence-electron chi connectivity index (χ2n) is 4.20. The minimum Gasteiger partial charge on any atom is -0.312 e. The molecule has 0 atom stereocenters. The summed E-state index contributed by atoms with van der Waals surface area (Å²) in [6.45, 7) is 2.66. The number of alkyl halides is 3. The Balaban J connectivity index is 2.24. The lowest BCUT2D eigenvalue weighted by Crippen LogP contribution is -2.15. The normalized spacial score (nSPS) is 11.8. The molecule has 0 unspecified atom stereocenters. The van der Waals surface area contributed by atoms with E-state index < -0.39 is 11.9 Å². The Hall–Kier alpha value is -1.47. The van der Waals surface area contributed by atoms with Gasteiger partial charge >= 0.3 is 6.18 Å². The summed E-state index contributed by atoms with van der Waals surface area (Å²) in [4.78, 5) is 7.94. The van der Waals surface area contributed by atoms with Crippen molar-refractivity contribution in [2.45, 2.75) is 26.1 Å². The van der Waals surface area contributed by atoms with Gasteiger partial charge < -0.3 is 5.32 Å². The summed E-state index contributed by atoms with van der Waals surface area (Å²) in [6.07, 6.45) is -0.774. The summed E-state index contributed by atoms with van der Waals surface area (Å²) in [5.74, 6) is 0. The van der Waals surface area contributed by atoms with E-state index in [1.807, 2.05) is 13.0 Å². The van der Waals surface area contributed by atoms with E-state index in [1.165, 1.54) is 0 Å². The summed E-state index contributed by atoms with van der Waals surface area (Å²) >= 11 is 1.10.